The molecule has 0 saturated heterocycles. The molecule has 5 heteroatoms. The van der Waals surface area contributed by atoms with Crippen LogP contribution in [0.25, 0.3) is 0 Å². The Kier molecular flexibility index (Phi) is 5.70. The lowest BCUT2D eigenvalue weighted by molar-refractivity contribution is 1.06. The predicted molar refractivity (Wildman–Crippen MR) is 90.0 cm³/mol. The van der Waals surface area contributed by atoms with Gasteiger partial charge in [-0.3, -0.25) is 10.4 Å². The second-order valence-corrected chi connectivity index (χ2v) is 5.79. The summed E-state index contributed by atoms with van der Waals surface area (Å²) in [5.74, 6) is 0.838. The molecule has 2 aromatic rings. The van der Waals surface area contributed by atoms with Crippen LogP contribution in [0.3, 0.4) is 0 Å². The Morgan fingerprint density at radius 3 is 2.80 bits per heavy atom. The fourth-order valence-electron chi connectivity index (χ4n) is 1.54. The minimum Gasteiger partial charge on any atom is -0.262 e. The number of hydrogen-bond acceptors (Lipinski definition) is 4. The molecule has 1 aromatic carbocycles. The van der Waals surface area contributed by atoms with Crippen molar-refractivity contribution in [2.24, 2.45) is 5.10 Å². The predicted octanol–water partition coefficient (Wildman–Crippen LogP) is 3.53. The Balaban J connectivity index is 1.78. The maximum absolute atomic E-state index is 5.21. The molecule has 0 bridgehead atoms. The lowest BCUT2D eigenvalue weighted by atomic mass is 10.2. The van der Waals surface area contributed by atoms with Gasteiger partial charge in [0.05, 0.1) is 11.9 Å². The van der Waals surface area contributed by atoms with Crippen LogP contribution in [-0.4, -0.2) is 15.5 Å². The van der Waals surface area contributed by atoms with Crippen molar-refractivity contribution in [2.75, 3.05) is 0 Å². The largest absolute Gasteiger partial charge is 0.262 e. The van der Waals surface area contributed by atoms with Crippen LogP contribution in [0, 0.1) is 6.92 Å². The molecular formula is C15H15N3S2. The lowest BCUT2D eigenvalue weighted by Crippen LogP contribution is -2.11. The molecule has 1 aromatic heterocycles. The molecule has 2 rings (SSSR count). The van der Waals surface area contributed by atoms with E-state index < -0.39 is 0 Å². The second-order valence-electron chi connectivity index (χ2n) is 4.14. The van der Waals surface area contributed by atoms with Crippen LogP contribution in [-0.2, 0) is 5.75 Å². The summed E-state index contributed by atoms with van der Waals surface area (Å²) in [5.41, 5.74) is 5.87. The summed E-state index contributed by atoms with van der Waals surface area (Å²) in [4.78, 5) is 4.32. The van der Waals surface area contributed by atoms with E-state index in [-0.39, 0.29) is 0 Å². The van der Waals surface area contributed by atoms with Crippen LogP contribution in [0.5, 0.6) is 0 Å². The molecule has 0 spiro atoms. The number of benzene rings is 1. The fourth-order valence-corrected chi connectivity index (χ4v) is 2.38. The number of hydrogen-bond donors (Lipinski definition) is 1. The molecule has 3 nitrogen and oxygen atoms in total. The van der Waals surface area contributed by atoms with Gasteiger partial charge in [-0.05, 0) is 24.6 Å². The Hall–Kier alpha value is -1.72. The highest BCUT2D eigenvalue weighted by molar-refractivity contribution is 8.22. The number of thioether (sulfide) groups is 1. The molecule has 0 aliphatic heterocycles. The van der Waals surface area contributed by atoms with E-state index in [4.69, 9.17) is 12.2 Å². The SMILES string of the molecule is Cc1cccc(/C=N/NC(=S)SCc2ccccc2)n1. The number of thiocarbonyl (C=S) groups is 1. The average Bonchev–Trinajstić information content (AvgIpc) is 2.46. The van der Waals surface area contributed by atoms with Gasteiger partial charge in [-0.2, -0.15) is 5.10 Å². The summed E-state index contributed by atoms with van der Waals surface area (Å²) in [7, 11) is 0. The van der Waals surface area contributed by atoms with Crippen LogP contribution < -0.4 is 5.43 Å². The zero-order valence-electron chi connectivity index (χ0n) is 11.1. The Bertz CT molecular complexity index is 597. The van der Waals surface area contributed by atoms with Gasteiger partial charge in [0.2, 0.25) is 0 Å². The first-order chi connectivity index (χ1) is 9.74. The Morgan fingerprint density at radius 1 is 1.25 bits per heavy atom. The number of rotatable bonds is 4. The molecule has 20 heavy (non-hydrogen) atoms. The Morgan fingerprint density at radius 2 is 2.05 bits per heavy atom. The number of hydrazone groups is 1. The van der Waals surface area contributed by atoms with Crippen molar-refractivity contribution in [1.82, 2.24) is 10.4 Å². The van der Waals surface area contributed by atoms with Crippen LogP contribution in [0.1, 0.15) is 17.0 Å². The second kappa shape index (κ2) is 7.77. The molecule has 0 radical (unpaired) electrons. The van der Waals surface area contributed by atoms with Gasteiger partial charge in [-0.1, -0.05) is 60.4 Å². The molecule has 0 amide bonds. The van der Waals surface area contributed by atoms with E-state index in [9.17, 15) is 0 Å². The van der Waals surface area contributed by atoms with E-state index in [0.29, 0.717) is 4.32 Å². The minimum absolute atomic E-state index is 0.651. The standard InChI is InChI=1S/C15H15N3S2/c1-12-6-5-9-14(17-12)10-16-18-15(19)20-11-13-7-3-2-4-8-13/h2-10H,11H2,1H3,(H,18,19)/b16-10+. The fraction of sp³-hybridized carbons (Fsp3) is 0.133. The molecule has 102 valence electrons. The van der Waals surface area contributed by atoms with Gasteiger partial charge in [0.25, 0.3) is 0 Å². The zero-order chi connectivity index (χ0) is 14.2. The van der Waals surface area contributed by atoms with Gasteiger partial charge in [-0.15, -0.1) is 0 Å². The summed E-state index contributed by atoms with van der Waals surface area (Å²) < 4.78 is 0.651. The van der Waals surface area contributed by atoms with Crippen LogP contribution in [0.2, 0.25) is 0 Å². The van der Waals surface area contributed by atoms with E-state index >= 15 is 0 Å². The summed E-state index contributed by atoms with van der Waals surface area (Å²) in [6, 6.07) is 16.0. The Labute approximate surface area is 128 Å². The molecular weight excluding hydrogens is 286 g/mol. The number of aryl methyl sites for hydroxylation is 1. The average molecular weight is 301 g/mol. The molecule has 0 saturated carbocycles. The van der Waals surface area contributed by atoms with Crippen molar-refractivity contribution in [3.63, 3.8) is 0 Å². The van der Waals surface area contributed by atoms with Crippen LogP contribution >= 0.6 is 24.0 Å². The van der Waals surface area contributed by atoms with Crippen molar-refractivity contribution < 1.29 is 0 Å². The zero-order valence-corrected chi connectivity index (χ0v) is 12.7. The highest BCUT2D eigenvalue weighted by atomic mass is 32.2. The quantitative estimate of drug-likeness (QED) is 0.532. The topological polar surface area (TPSA) is 37.3 Å². The third-order valence-electron chi connectivity index (χ3n) is 2.48. The molecule has 0 aliphatic rings. The van der Waals surface area contributed by atoms with Gasteiger partial charge >= 0.3 is 0 Å². The first-order valence-electron chi connectivity index (χ1n) is 6.17. The summed E-state index contributed by atoms with van der Waals surface area (Å²) in [5, 5.41) is 4.10. The maximum atomic E-state index is 5.21. The molecule has 0 fully saturated rings. The third kappa shape index (κ3) is 5.11. The first kappa shape index (κ1) is 14.7. The summed E-state index contributed by atoms with van der Waals surface area (Å²) in [6.45, 7) is 1.95. The van der Waals surface area contributed by atoms with Crippen molar-refractivity contribution in [1.29, 1.82) is 0 Å². The van der Waals surface area contributed by atoms with Crippen molar-refractivity contribution in [2.45, 2.75) is 12.7 Å². The molecule has 0 atom stereocenters. The summed E-state index contributed by atoms with van der Waals surface area (Å²) in [6.07, 6.45) is 1.67. The van der Waals surface area contributed by atoms with Gasteiger partial charge in [0, 0.05) is 11.4 Å². The van der Waals surface area contributed by atoms with Crippen LogP contribution in [0.15, 0.2) is 53.6 Å². The minimum atomic E-state index is 0.651. The van der Waals surface area contributed by atoms with Crippen LogP contribution in [0.4, 0.5) is 0 Å². The normalized spacial score (nSPS) is 10.7. The molecule has 1 heterocycles. The van der Waals surface area contributed by atoms with E-state index in [1.807, 2.05) is 43.3 Å². The molecule has 0 aliphatic carbocycles. The van der Waals surface area contributed by atoms with E-state index in [1.165, 1.54) is 5.56 Å². The monoisotopic (exact) mass is 301 g/mol. The van der Waals surface area contributed by atoms with E-state index in [2.05, 4.69) is 27.6 Å². The van der Waals surface area contributed by atoms with Crippen molar-refractivity contribution in [3.05, 3.63) is 65.5 Å². The smallest absolute Gasteiger partial charge is 0.154 e. The van der Waals surface area contributed by atoms with Gasteiger partial charge in [0.1, 0.15) is 0 Å². The number of nitrogens with zero attached hydrogens (tertiary/aromatic N) is 2. The number of pyridine rings is 1. The van der Waals surface area contributed by atoms with Gasteiger partial charge in [0.15, 0.2) is 4.32 Å². The maximum Gasteiger partial charge on any atom is 0.154 e. The third-order valence-corrected chi connectivity index (χ3v) is 3.75. The van der Waals surface area contributed by atoms with E-state index in [1.54, 1.807) is 18.0 Å². The van der Waals surface area contributed by atoms with Gasteiger partial charge in [-0.25, -0.2) is 0 Å². The lowest BCUT2D eigenvalue weighted by Gasteiger charge is -2.02. The summed E-state index contributed by atoms with van der Waals surface area (Å²) >= 11 is 6.77. The highest BCUT2D eigenvalue weighted by Crippen LogP contribution is 2.12. The van der Waals surface area contributed by atoms with Crippen molar-refractivity contribution >= 4 is 34.5 Å². The molecule has 0 unspecified atom stereocenters. The number of nitrogens with one attached hydrogen (secondary N) is 1. The highest BCUT2D eigenvalue weighted by Gasteiger charge is 1.97. The van der Waals surface area contributed by atoms with Gasteiger partial charge < -0.3 is 0 Å². The van der Waals surface area contributed by atoms with E-state index in [0.717, 1.165) is 17.1 Å². The van der Waals surface area contributed by atoms with Crippen molar-refractivity contribution in [3.8, 4) is 0 Å². The number of aromatic nitrogens is 1. The first-order valence-corrected chi connectivity index (χ1v) is 7.57. The molecule has 1 N–H and O–H groups in total.